The molecule has 4 nitrogen and oxygen atoms in total. The monoisotopic (exact) mass is 206 g/mol. The van der Waals surface area contributed by atoms with Crippen LogP contribution in [-0.2, 0) is 13.0 Å². The van der Waals surface area contributed by atoms with Crippen molar-refractivity contribution in [2.75, 3.05) is 5.73 Å². The number of rotatable bonds is 4. The topological polar surface area (TPSA) is 67.6 Å². The summed E-state index contributed by atoms with van der Waals surface area (Å²) in [6, 6.07) is 2.14. The fraction of sp³-hybridized carbons (Fsp3) is 0.636. The third kappa shape index (κ3) is 2.50. The van der Waals surface area contributed by atoms with Gasteiger partial charge in [0.1, 0.15) is 17.5 Å². The number of nitrogens with two attached hydrogens (primary N) is 1. The van der Waals surface area contributed by atoms with Crippen molar-refractivity contribution in [3.8, 4) is 6.07 Å². The highest BCUT2D eigenvalue weighted by atomic mass is 15.3. The van der Waals surface area contributed by atoms with Crippen molar-refractivity contribution >= 4 is 5.82 Å². The van der Waals surface area contributed by atoms with E-state index in [4.69, 9.17) is 11.0 Å². The van der Waals surface area contributed by atoms with Crippen molar-refractivity contribution in [1.82, 2.24) is 9.78 Å². The Labute approximate surface area is 90.7 Å². The summed E-state index contributed by atoms with van der Waals surface area (Å²) in [6.45, 7) is 7.06. The highest BCUT2D eigenvalue weighted by molar-refractivity contribution is 5.52. The molecular weight excluding hydrogens is 188 g/mol. The van der Waals surface area contributed by atoms with Gasteiger partial charge in [-0.2, -0.15) is 10.4 Å². The lowest BCUT2D eigenvalue weighted by Crippen LogP contribution is -2.04. The fourth-order valence-electron chi connectivity index (χ4n) is 1.56. The first-order chi connectivity index (χ1) is 7.10. The molecule has 0 aliphatic carbocycles. The van der Waals surface area contributed by atoms with Gasteiger partial charge in [0.05, 0.1) is 5.69 Å². The van der Waals surface area contributed by atoms with E-state index in [-0.39, 0.29) is 0 Å². The van der Waals surface area contributed by atoms with Crippen LogP contribution >= 0.6 is 0 Å². The van der Waals surface area contributed by atoms with E-state index < -0.39 is 0 Å². The predicted octanol–water partition coefficient (Wildman–Crippen LogP) is 1.95. The fourth-order valence-corrected chi connectivity index (χ4v) is 1.56. The molecule has 82 valence electrons. The molecule has 0 aliphatic heterocycles. The zero-order valence-electron chi connectivity index (χ0n) is 9.62. The van der Waals surface area contributed by atoms with Crippen LogP contribution in [0.1, 0.15) is 38.4 Å². The predicted molar refractivity (Wildman–Crippen MR) is 60.2 cm³/mol. The van der Waals surface area contributed by atoms with E-state index in [9.17, 15) is 0 Å². The summed E-state index contributed by atoms with van der Waals surface area (Å²) < 4.78 is 1.73. The average molecular weight is 206 g/mol. The molecule has 0 radical (unpaired) electrons. The Balaban J connectivity index is 3.05. The smallest absolute Gasteiger partial charge is 0.140 e. The number of nitrogen functional groups attached to an aromatic ring is 1. The van der Waals surface area contributed by atoms with E-state index in [1.54, 1.807) is 4.68 Å². The second-order valence-corrected chi connectivity index (χ2v) is 4.14. The Morgan fingerprint density at radius 2 is 2.20 bits per heavy atom. The SMILES string of the molecule is CCCn1nc(CC(C)C)c(C#N)c1N. The molecule has 0 aliphatic rings. The molecule has 0 unspecified atom stereocenters. The van der Waals surface area contributed by atoms with Gasteiger partial charge in [-0.15, -0.1) is 0 Å². The van der Waals surface area contributed by atoms with E-state index in [1.165, 1.54) is 0 Å². The Kier molecular flexibility index (Phi) is 3.73. The van der Waals surface area contributed by atoms with Crippen LogP contribution in [0, 0.1) is 17.2 Å². The van der Waals surface area contributed by atoms with Gasteiger partial charge in [0.2, 0.25) is 0 Å². The molecule has 0 saturated carbocycles. The number of hydrogen-bond acceptors (Lipinski definition) is 3. The third-order valence-electron chi connectivity index (χ3n) is 2.21. The first-order valence-corrected chi connectivity index (χ1v) is 5.35. The molecule has 1 heterocycles. The minimum atomic E-state index is 0.487. The van der Waals surface area contributed by atoms with Gasteiger partial charge in [-0.1, -0.05) is 20.8 Å². The summed E-state index contributed by atoms with van der Waals surface area (Å²) in [5.41, 5.74) is 7.24. The number of hydrogen-bond donors (Lipinski definition) is 1. The maximum atomic E-state index is 9.01. The quantitative estimate of drug-likeness (QED) is 0.818. The summed E-state index contributed by atoms with van der Waals surface area (Å²) in [4.78, 5) is 0. The van der Waals surface area contributed by atoms with E-state index in [0.29, 0.717) is 17.3 Å². The zero-order chi connectivity index (χ0) is 11.4. The number of aryl methyl sites for hydroxylation is 1. The highest BCUT2D eigenvalue weighted by Crippen LogP contribution is 2.19. The van der Waals surface area contributed by atoms with Crippen molar-refractivity contribution in [2.45, 2.75) is 40.2 Å². The number of anilines is 1. The standard InChI is InChI=1S/C11H18N4/c1-4-5-15-11(13)9(7-12)10(14-15)6-8(2)3/h8H,4-6,13H2,1-3H3. The van der Waals surface area contributed by atoms with Crippen LogP contribution in [0.15, 0.2) is 0 Å². The van der Waals surface area contributed by atoms with Crippen LogP contribution in [0.3, 0.4) is 0 Å². The molecular formula is C11H18N4. The Morgan fingerprint density at radius 3 is 2.67 bits per heavy atom. The molecule has 1 aromatic heterocycles. The molecule has 1 aromatic rings. The third-order valence-corrected chi connectivity index (χ3v) is 2.21. The van der Waals surface area contributed by atoms with Crippen LogP contribution < -0.4 is 5.73 Å². The van der Waals surface area contributed by atoms with Crippen molar-refractivity contribution in [3.05, 3.63) is 11.3 Å². The lowest BCUT2D eigenvalue weighted by Gasteiger charge is -2.00. The first-order valence-electron chi connectivity index (χ1n) is 5.35. The lowest BCUT2D eigenvalue weighted by atomic mass is 10.1. The van der Waals surface area contributed by atoms with Crippen molar-refractivity contribution in [2.24, 2.45) is 5.92 Å². The minimum absolute atomic E-state index is 0.487. The molecule has 2 N–H and O–H groups in total. The van der Waals surface area contributed by atoms with Gasteiger partial charge in [0.15, 0.2) is 0 Å². The molecule has 0 amide bonds. The summed E-state index contributed by atoms with van der Waals surface area (Å²) in [5, 5.41) is 13.4. The van der Waals surface area contributed by atoms with Crippen molar-refractivity contribution in [1.29, 1.82) is 5.26 Å². The Bertz CT molecular complexity index is 371. The van der Waals surface area contributed by atoms with Gasteiger partial charge in [-0.05, 0) is 18.8 Å². The number of nitriles is 1. The highest BCUT2D eigenvalue weighted by Gasteiger charge is 2.15. The van der Waals surface area contributed by atoms with Crippen LogP contribution in [0.25, 0.3) is 0 Å². The molecule has 15 heavy (non-hydrogen) atoms. The van der Waals surface area contributed by atoms with Crippen LogP contribution in [0.2, 0.25) is 0 Å². The second kappa shape index (κ2) is 4.83. The summed E-state index contributed by atoms with van der Waals surface area (Å²) in [6.07, 6.45) is 1.78. The van der Waals surface area contributed by atoms with Crippen LogP contribution in [-0.4, -0.2) is 9.78 Å². The number of nitrogens with zero attached hydrogens (tertiary/aromatic N) is 3. The average Bonchev–Trinajstić information content (AvgIpc) is 2.43. The molecule has 0 atom stereocenters. The van der Waals surface area contributed by atoms with E-state index >= 15 is 0 Å². The van der Waals surface area contributed by atoms with Gasteiger partial charge in [-0.3, -0.25) is 0 Å². The molecule has 0 spiro atoms. The van der Waals surface area contributed by atoms with Gasteiger partial charge >= 0.3 is 0 Å². The van der Waals surface area contributed by atoms with Crippen molar-refractivity contribution in [3.63, 3.8) is 0 Å². The van der Waals surface area contributed by atoms with E-state index in [1.807, 2.05) is 0 Å². The van der Waals surface area contributed by atoms with Gasteiger partial charge in [0, 0.05) is 6.54 Å². The van der Waals surface area contributed by atoms with Gasteiger partial charge < -0.3 is 5.73 Å². The molecule has 0 aromatic carbocycles. The van der Waals surface area contributed by atoms with Crippen molar-refractivity contribution < 1.29 is 0 Å². The van der Waals surface area contributed by atoms with E-state index in [0.717, 1.165) is 25.1 Å². The van der Waals surface area contributed by atoms with Gasteiger partial charge in [-0.25, -0.2) is 4.68 Å². The number of aromatic nitrogens is 2. The normalized spacial score (nSPS) is 10.6. The second-order valence-electron chi connectivity index (χ2n) is 4.14. The Morgan fingerprint density at radius 1 is 1.53 bits per heavy atom. The molecule has 0 bridgehead atoms. The summed E-state index contributed by atoms with van der Waals surface area (Å²) in [7, 11) is 0. The zero-order valence-corrected chi connectivity index (χ0v) is 9.62. The Hall–Kier alpha value is -1.50. The van der Waals surface area contributed by atoms with Gasteiger partial charge in [0.25, 0.3) is 0 Å². The first kappa shape index (κ1) is 11.6. The molecule has 0 saturated heterocycles. The minimum Gasteiger partial charge on any atom is -0.383 e. The molecule has 0 fully saturated rings. The lowest BCUT2D eigenvalue weighted by molar-refractivity contribution is 0.578. The maximum Gasteiger partial charge on any atom is 0.140 e. The van der Waals surface area contributed by atoms with Crippen LogP contribution in [0.4, 0.5) is 5.82 Å². The maximum absolute atomic E-state index is 9.01. The van der Waals surface area contributed by atoms with Crippen LogP contribution in [0.5, 0.6) is 0 Å². The summed E-state index contributed by atoms with van der Waals surface area (Å²) in [5.74, 6) is 0.997. The van der Waals surface area contributed by atoms with E-state index in [2.05, 4.69) is 31.9 Å². The largest absolute Gasteiger partial charge is 0.383 e. The molecule has 1 rings (SSSR count). The summed E-state index contributed by atoms with van der Waals surface area (Å²) >= 11 is 0. The molecule has 4 heteroatoms.